The third-order valence-electron chi connectivity index (χ3n) is 3.86. The SMILES string of the molecule is O=C(O)[C@H](CC1CCCC1)c1ccc(SC(F)(F)F)cc1. The smallest absolute Gasteiger partial charge is 0.446 e. The Balaban J connectivity index is 2.07. The summed E-state index contributed by atoms with van der Waals surface area (Å²) in [5.74, 6) is -1.12. The van der Waals surface area contributed by atoms with Crippen LogP contribution in [0.1, 0.15) is 43.6 Å². The number of aliphatic carboxylic acids is 1. The van der Waals surface area contributed by atoms with Crippen molar-refractivity contribution in [2.24, 2.45) is 5.92 Å². The number of benzene rings is 1. The minimum absolute atomic E-state index is 0.0799. The van der Waals surface area contributed by atoms with E-state index >= 15 is 0 Å². The molecule has 1 aromatic rings. The highest BCUT2D eigenvalue weighted by molar-refractivity contribution is 8.00. The van der Waals surface area contributed by atoms with E-state index in [-0.39, 0.29) is 16.7 Å². The molecule has 1 fully saturated rings. The van der Waals surface area contributed by atoms with Gasteiger partial charge in [0, 0.05) is 4.90 Å². The molecule has 0 radical (unpaired) electrons. The summed E-state index contributed by atoms with van der Waals surface area (Å²) < 4.78 is 36.8. The van der Waals surface area contributed by atoms with Gasteiger partial charge in [-0.15, -0.1) is 0 Å². The number of halogens is 3. The normalized spacial score (nSPS) is 17.9. The summed E-state index contributed by atoms with van der Waals surface area (Å²) in [5, 5.41) is 9.36. The monoisotopic (exact) mass is 318 g/mol. The van der Waals surface area contributed by atoms with Crippen molar-refractivity contribution in [1.82, 2.24) is 0 Å². The van der Waals surface area contributed by atoms with Crippen LogP contribution in [0.4, 0.5) is 13.2 Å². The average molecular weight is 318 g/mol. The van der Waals surface area contributed by atoms with Gasteiger partial charge in [-0.1, -0.05) is 37.8 Å². The summed E-state index contributed by atoms with van der Waals surface area (Å²) in [5.41, 5.74) is -3.74. The van der Waals surface area contributed by atoms with Gasteiger partial charge in [-0.2, -0.15) is 13.2 Å². The highest BCUT2D eigenvalue weighted by atomic mass is 32.2. The summed E-state index contributed by atoms with van der Waals surface area (Å²) in [6.07, 6.45) is 4.94. The van der Waals surface area contributed by atoms with Crippen molar-refractivity contribution in [3.05, 3.63) is 29.8 Å². The molecule has 2 rings (SSSR count). The molecule has 0 aromatic heterocycles. The van der Waals surface area contributed by atoms with E-state index in [2.05, 4.69) is 0 Å². The van der Waals surface area contributed by atoms with Crippen molar-refractivity contribution in [2.75, 3.05) is 0 Å². The van der Waals surface area contributed by atoms with Crippen LogP contribution in [-0.4, -0.2) is 16.6 Å². The number of alkyl halides is 3. The van der Waals surface area contributed by atoms with E-state index < -0.39 is 17.4 Å². The Morgan fingerprint density at radius 1 is 1.24 bits per heavy atom. The van der Waals surface area contributed by atoms with Crippen LogP contribution in [0, 0.1) is 5.92 Å². The molecule has 0 spiro atoms. The maximum absolute atomic E-state index is 12.3. The maximum atomic E-state index is 12.3. The van der Waals surface area contributed by atoms with E-state index in [1.807, 2.05) is 0 Å². The summed E-state index contributed by atoms with van der Waals surface area (Å²) in [7, 11) is 0. The van der Waals surface area contributed by atoms with E-state index in [4.69, 9.17) is 0 Å². The molecular formula is C15H17F3O2S. The van der Waals surface area contributed by atoms with Crippen molar-refractivity contribution in [3.63, 3.8) is 0 Å². The average Bonchev–Trinajstić information content (AvgIpc) is 2.88. The van der Waals surface area contributed by atoms with Gasteiger partial charge in [0.25, 0.3) is 0 Å². The second kappa shape index (κ2) is 6.73. The summed E-state index contributed by atoms with van der Waals surface area (Å²) in [6.45, 7) is 0. The molecule has 1 N–H and O–H groups in total. The fraction of sp³-hybridized carbons (Fsp3) is 0.533. The molecular weight excluding hydrogens is 301 g/mol. The van der Waals surface area contributed by atoms with E-state index in [0.717, 1.165) is 25.7 Å². The van der Waals surface area contributed by atoms with Crippen molar-refractivity contribution in [1.29, 1.82) is 0 Å². The molecule has 0 amide bonds. The Kier molecular flexibility index (Phi) is 5.19. The Morgan fingerprint density at radius 3 is 2.29 bits per heavy atom. The molecule has 21 heavy (non-hydrogen) atoms. The van der Waals surface area contributed by atoms with Gasteiger partial charge >= 0.3 is 11.5 Å². The molecule has 0 heterocycles. The van der Waals surface area contributed by atoms with E-state index in [1.165, 1.54) is 24.3 Å². The highest BCUT2D eigenvalue weighted by Gasteiger charge is 2.30. The first kappa shape index (κ1) is 16.2. The first-order chi connectivity index (χ1) is 9.85. The van der Waals surface area contributed by atoms with Crippen molar-refractivity contribution in [2.45, 2.75) is 48.4 Å². The molecule has 1 aliphatic carbocycles. The molecule has 6 heteroatoms. The first-order valence-electron chi connectivity index (χ1n) is 6.93. The zero-order valence-electron chi connectivity index (χ0n) is 11.4. The van der Waals surface area contributed by atoms with E-state index in [9.17, 15) is 23.1 Å². The first-order valence-corrected chi connectivity index (χ1v) is 7.75. The van der Waals surface area contributed by atoms with Crippen LogP contribution < -0.4 is 0 Å². The zero-order valence-corrected chi connectivity index (χ0v) is 12.2. The highest BCUT2D eigenvalue weighted by Crippen LogP contribution is 2.38. The zero-order chi connectivity index (χ0) is 15.5. The lowest BCUT2D eigenvalue weighted by Crippen LogP contribution is -2.15. The summed E-state index contributed by atoms with van der Waals surface area (Å²) in [4.78, 5) is 11.5. The fourth-order valence-corrected chi connectivity index (χ4v) is 3.40. The Hall–Kier alpha value is -1.17. The number of carboxylic acid groups (broad SMARTS) is 1. The van der Waals surface area contributed by atoms with Gasteiger partial charge in [-0.25, -0.2) is 0 Å². The van der Waals surface area contributed by atoms with Gasteiger partial charge in [0.1, 0.15) is 0 Å². The topological polar surface area (TPSA) is 37.3 Å². The molecule has 1 atom stereocenters. The van der Waals surface area contributed by atoms with Gasteiger partial charge in [0.15, 0.2) is 0 Å². The molecule has 0 saturated heterocycles. The largest absolute Gasteiger partial charge is 0.481 e. The predicted octanol–water partition coefficient (Wildman–Crippen LogP) is 5.05. The Bertz CT molecular complexity index is 479. The molecule has 116 valence electrons. The van der Waals surface area contributed by atoms with Crippen molar-refractivity contribution >= 4 is 17.7 Å². The Labute approximate surface area is 125 Å². The van der Waals surface area contributed by atoms with Crippen LogP contribution in [0.3, 0.4) is 0 Å². The Morgan fingerprint density at radius 2 is 1.81 bits per heavy atom. The molecule has 0 aliphatic heterocycles. The van der Waals surface area contributed by atoms with Crippen molar-refractivity contribution in [3.8, 4) is 0 Å². The van der Waals surface area contributed by atoms with Gasteiger partial charge in [-0.05, 0) is 41.8 Å². The van der Waals surface area contributed by atoms with Crippen LogP contribution >= 0.6 is 11.8 Å². The standard InChI is InChI=1S/C15H17F3O2S/c16-15(17,18)21-12-7-5-11(6-8-12)13(14(19)20)9-10-3-1-2-4-10/h5-8,10,13H,1-4,9H2,(H,19,20)/t13-/m1/s1. The minimum atomic E-state index is -4.32. The number of hydrogen-bond donors (Lipinski definition) is 1. The lowest BCUT2D eigenvalue weighted by molar-refractivity contribution is -0.139. The summed E-state index contributed by atoms with van der Waals surface area (Å²) >= 11 is -0.185. The van der Waals surface area contributed by atoms with Crippen LogP contribution in [-0.2, 0) is 4.79 Å². The predicted molar refractivity (Wildman–Crippen MR) is 75.3 cm³/mol. The van der Waals surface area contributed by atoms with Crippen molar-refractivity contribution < 1.29 is 23.1 Å². The number of thioether (sulfide) groups is 1. The molecule has 1 aliphatic rings. The second-order valence-corrected chi connectivity index (χ2v) is 6.53. The van der Waals surface area contributed by atoms with Gasteiger partial charge in [0.2, 0.25) is 0 Å². The van der Waals surface area contributed by atoms with Crippen LogP contribution in [0.2, 0.25) is 0 Å². The van der Waals surface area contributed by atoms with Crippen LogP contribution in [0.25, 0.3) is 0 Å². The molecule has 1 saturated carbocycles. The van der Waals surface area contributed by atoms with Crippen LogP contribution in [0.15, 0.2) is 29.2 Å². The number of rotatable bonds is 5. The molecule has 2 nitrogen and oxygen atoms in total. The molecule has 0 bridgehead atoms. The van der Waals surface area contributed by atoms with Gasteiger partial charge in [-0.3, -0.25) is 4.79 Å². The third-order valence-corrected chi connectivity index (χ3v) is 4.60. The lowest BCUT2D eigenvalue weighted by atomic mass is 9.88. The second-order valence-electron chi connectivity index (χ2n) is 5.39. The minimum Gasteiger partial charge on any atom is -0.481 e. The molecule has 0 unspecified atom stereocenters. The number of carboxylic acids is 1. The number of carbonyl (C=O) groups is 1. The van der Waals surface area contributed by atoms with Gasteiger partial charge < -0.3 is 5.11 Å². The lowest BCUT2D eigenvalue weighted by Gasteiger charge is -2.17. The third kappa shape index (κ3) is 4.95. The maximum Gasteiger partial charge on any atom is 0.446 e. The van der Waals surface area contributed by atoms with E-state index in [0.29, 0.717) is 17.9 Å². The number of hydrogen-bond acceptors (Lipinski definition) is 2. The van der Waals surface area contributed by atoms with E-state index in [1.54, 1.807) is 0 Å². The van der Waals surface area contributed by atoms with Crippen LogP contribution in [0.5, 0.6) is 0 Å². The quantitative estimate of drug-likeness (QED) is 0.772. The van der Waals surface area contributed by atoms with Gasteiger partial charge in [0.05, 0.1) is 5.92 Å². The summed E-state index contributed by atoms with van der Waals surface area (Å²) in [6, 6.07) is 5.69. The molecule has 1 aromatic carbocycles. The fourth-order valence-electron chi connectivity index (χ4n) is 2.86.